The molecule has 6 fully saturated rings. The molecule has 25 heteroatoms. The van der Waals surface area contributed by atoms with E-state index in [0.29, 0.717) is 60.5 Å². The molecule has 4 heterocycles. The summed E-state index contributed by atoms with van der Waals surface area (Å²) in [5, 5.41) is 7.99. The molecule has 2 bridgehead atoms. The molecule has 4 N–H and O–H groups in total. The molecular formula is C68H84F3N9O10S3. The Labute approximate surface area is 547 Å². The van der Waals surface area contributed by atoms with Gasteiger partial charge in [-0.2, -0.15) is 13.2 Å². The first-order chi connectivity index (χ1) is 44.2. The van der Waals surface area contributed by atoms with Gasteiger partial charge in [0.15, 0.2) is 0 Å². The number of piperazine rings is 2. The molecule has 0 aromatic heterocycles. The quantitative estimate of drug-likeness (QED) is 0.0198. The summed E-state index contributed by atoms with van der Waals surface area (Å²) < 4.78 is 100.0. The third kappa shape index (κ3) is 15.1. The number of nitrogens with zero attached hydrogens (tertiary/aromatic N) is 5. The lowest BCUT2D eigenvalue weighted by molar-refractivity contribution is -0.182. The van der Waals surface area contributed by atoms with E-state index in [1.807, 2.05) is 35.1 Å². The Bertz CT molecular complexity index is 3760. The van der Waals surface area contributed by atoms with E-state index in [0.717, 1.165) is 106 Å². The lowest BCUT2D eigenvalue weighted by Crippen LogP contribution is -2.63. The van der Waals surface area contributed by atoms with Crippen LogP contribution in [0.25, 0.3) is 0 Å². The second kappa shape index (κ2) is 27.6. The number of imide groups is 2. The number of piperidine rings is 1. The van der Waals surface area contributed by atoms with Gasteiger partial charge in [0, 0.05) is 106 Å². The highest BCUT2D eigenvalue weighted by molar-refractivity contribution is 7.99. The molecule has 1 unspecified atom stereocenters. The molecular weight excluding hydrogens is 1260 g/mol. The van der Waals surface area contributed by atoms with Gasteiger partial charge in [0.2, 0.25) is 17.7 Å². The summed E-state index contributed by atoms with van der Waals surface area (Å²) in [6, 6.07) is 21.1. The SMILES string of the molecule is CCC12CC(C3=C(CN4CCN(c5ccc(C(=O)NS(=O)(=O)c6ccc(N[C@H](CCN7CCN(CCCCCCC(=O)Nc8cccc9c8C(=O)N(C8CCC(=O)NC8=O)C9=O)CC7)CSc7ccccc7)c(S(=O)(=O)C(F)(F)F)c6)cc5)CC4)CCC(C)(C)C3)(C1)C2. The molecule has 4 aromatic rings. The number of sulfonamides is 1. The Kier molecular flexibility index (Phi) is 20.1. The lowest BCUT2D eigenvalue weighted by atomic mass is 9.31. The van der Waals surface area contributed by atoms with E-state index < -0.39 is 82.5 Å². The number of anilines is 3. The molecule has 12 rings (SSSR count). The molecule has 6 amide bonds. The number of halogens is 3. The molecule has 2 atom stereocenters. The third-order valence-corrected chi connectivity index (χ3v) is 24.3. The predicted molar refractivity (Wildman–Crippen MR) is 350 cm³/mol. The van der Waals surface area contributed by atoms with E-state index in [1.54, 1.807) is 29.3 Å². The first kappa shape index (κ1) is 67.8. The second-order valence-electron chi connectivity index (χ2n) is 27.3. The highest BCUT2D eigenvalue weighted by Gasteiger charge is 2.68. The number of rotatable bonds is 26. The average Bonchev–Trinajstić information content (AvgIpc) is 1.01. The van der Waals surface area contributed by atoms with Crippen LogP contribution in [0.2, 0.25) is 0 Å². The van der Waals surface area contributed by atoms with Gasteiger partial charge in [-0.05, 0) is 154 Å². The number of amides is 6. The zero-order valence-corrected chi connectivity index (χ0v) is 55.5. The fourth-order valence-electron chi connectivity index (χ4n) is 14.9. The number of thioether (sulfide) groups is 1. The molecule has 8 aliphatic rings. The van der Waals surface area contributed by atoms with Crippen molar-refractivity contribution >= 4 is 84.1 Å². The van der Waals surface area contributed by atoms with E-state index >= 15 is 0 Å². The van der Waals surface area contributed by atoms with Gasteiger partial charge in [0.25, 0.3) is 37.6 Å². The first-order valence-corrected chi connectivity index (χ1v) is 36.6. The smallest absolute Gasteiger partial charge is 0.380 e. The minimum absolute atomic E-state index is 0.00492. The molecule has 0 radical (unpaired) electrons. The molecule has 93 heavy (non-hydrogen) atoms. The molecule has 0 spiro atoms. The van der Waals surface area contributed by atoms with Gasteiger partial charge >= 0.3 is 5.51 Å². The maximum absolute atomic E-state index is 14.5. The van der Waals surface area contributed by atoms with E-state index in [1.165, 1.54) is 74.6 Å². The molecule has 500 valence electrons. The van der Waals surface area contributed by atoms with Crippen molar-refractivity contribution in [2.75, 3.05) is 93.3 Å². The fourth-order valence-corrected chi connectivity index (χ4v) is 17.9. The van der Waals surface area contributed by atoms with E-state index in [9.17, 15) is 58.8 Å². The standard InChI is InChI=1S/C68H84F3N9O10S3/c1-4-66-43-67(44-66,45-66)53-40-65(2,3)28-26-47(53)41-78-35-37-79(38-36-78)49-20-18-46(19-21-49)61(83)75-93(89,90)51-22-23-54(57(39-51)92(87,88)68(69,70)71)72-48(42-91-50-13-8-7-9-14-50)27-30-77-33-31-76(32-34-77)29-11-6-5-10-17-58(81)73-55-16-12-15-52-60(55)64(86)80(63(52)85)56-24-25-59(82)74-62(56)84/h7-9,12-16,18-23,39,48,56,72H,4-6,10-11,17,24-38,40-45H2,1-3H3,(H,73,81)(H,75,83)(H,74,82,84)/t48-,56?,66?,67?/m1/s1. The summed E-state index contributed by atoms with van der Waals surface area (Å²) in [6.07, 6.45) is 12.5. The van der Waals surface area contributed by atoms with Gasteiger partial charge in [0.05, 0.1) is 27.4 Å². The Balaban J connectivity index is 0.651. The monoisotopic (exact) mass is 1340 g/mol. The van der Waals surface area contributed by atoms with E-state index in [2.05, 4.69) is 56.3 Å². The molecule has 4 aromatic carbocycles. The Hall–Kier alpha value is -6.64. The van der Waals surface area contributed by atoms with Gasteiger partial charge in [-0.1, -0.05) is 75.4 Å². The van der Waals surface area contributed by atoms with Gasteiger partial charge in [0.1, 0.15) is 10.9 Å². The van der Waals surface area contributed by atoms with Crippen molar-refractivity contribution in [3.63, 3.8) is 0 Å². The van der Waals surface area contributed by atoms with Crippen molar-refractivity contribution in [1.82, 2.24) is 29.6 Å². The number of nitrogens with one attached hydrogen (secondary N) is 4. The van der Waals surface area contributed by atoms with Crippen LogP contribution in [0.3, 0.4) is 0 Å². The molecule has 4 aliphatic carbocycles. The van der Waals surface area contributed by atoms with Crippen LogP contribution in [-0.2, 0) is 34.2 Å². The van der Waals surface area contributed by atoms with Crippen LogP contribution in [0.15, 0.2) is 117 Å². The number of fused-ring (bicyclic) bond motifs is 1. The van der Waals surface area contributed by atoms with Crippen LogP contribution in [0.4, 0.5) is 30.2 Å². The maximum Gasteiger partial charge on any atom is 0.501 e. The summed E-state index contributed by atoms with van der Waals surface area (Å²) in [4.78, 5) is 86.5. The lowest BCUT2D eigenvalue weighted by Gasteiger charge is -2.73. The van der Waals surface area contributed by atoms with Crippen molar-refractivity contribution in [2.45, 2.75) is 149 Å². The summed E-state index contributed by atoms with van der Waals surface area (Å²) in [6.45, 7) is 15.7. The summed E-state index contributed by atoms with van der Waals surface area (Å²) in [5.74, 6) is -3.60. The van der Waals surface area contributed by atoms with Gasteiger partial charge < -0.3 is 25.3 Å². The zero-order valence-electron chi connectivity index (χ0n) is 53.1. The first-order valence-electron chi connectivity index (χ1n) is 32.6. The Morgan fingerprint density at radius 3 is 2.11 bits per heavy atom. The number of carbonyl (C=O) groups excluding carboxylic acids is 6. The van der Waals surface area contributed by atoms with Crippen LogP contribution >= 0.6 is 11.8 Å². The summed E-state index contributed by atoms with van der Waals surface area (Å²) in [7, 11) is -11.0. The Morgan fingerprint density at radius 2 is 1.43 bits per heavy atom. The van der Waals surface area contributed by atoms with Crippen molar-refractivity contribution in [1.29, 1.82) is 0 Å². The van der Waals surface area contributed by atoms with Crippen molar-refractivity contribution in [2.24, 2.45) is 16.2 Å². The molecule has 19 nitrogen and oxygen atoms in total. The van der Waals surface area contributed by atoms with E-state index in [4.69, 9.17) is 0 Å². The van der Waals surface area contributed by atoms with Gasteiger partial charge in [-0.3, -0.25) is 43.9 Å². The number of alkyl halides is 3. The number of carbonyl (C=O) groups is 6. The fraction of sp³-hybridized carbons (Fsp3) is 0.529. The predicted octanol–water partition coefficient (Wildman–Crippen LogP) is 9.88. The highest BCUT2D eigenvalue weighted by Crippen LogP contribution is 2.79. The van der Waals surface area contributed by atoms with Crippen molar-refractivity contribution < 1.29 is 58.8 Å². The van der Waals surface area contributed by atoms with Crippen LogP contribution in [-0.4, -0.2) is 167 Å². The van der Waals surface area contributed by atoms with Gasteiger partial charge in [-0.25, -0.2) is 21.6 Å². The summed E-state index contributed by atoms with van der Waals surface area (Å²) >= 11 is 1.43. The Morgan fingerprint density at radius 1 is 0.753 bits per heavy atom. The number of allylic oxidation sites excluding steroid dienone is 1. The average molecular weight is 1340 g/mol. The maximum atomic E-state index is 14.5. The number of hydrogen-bond acceptors (Lipinski definition) is 16. The topological polar surface area (TPSA) is 235 Å². The van der Waals surface area contributed by atoms with Crippen molar-refractivity contribution in [3.8, 4) is 0 Å². The number of hydrogen-bond donors (Lipinski definition) is 4. The van der Waals surface area contributed by atoms with Crippen LogP contribution in [0, 0.1) is 16.2 Å². The highest BCUT2D eigenvalue weighted by atomic mass is 32.2. The second-order valence-corrected chi connectivity index (χ2v) is 31.9. The van der Waals surface area contributed by atoms with Crippen LogP contribution in [0.1, 0.15) is 148 Å². The van der Waals surface area contributed by atoms with Crippen LogP contribution in [0.5, 0.6) is 0 Å². The normalized spacial score (nSPS) is 23.2. The van der Waals surface area contributed by atoms with Crippen LogP contribution < -0.4 is 25.6 Å². The van der Waals surface area contributed by atoms with E-state index in [-0.39, 0.29) is 47.5 Å². The minimum atomic E-state index is -6.13. The van der Waals surface area contributed by atoms with Crippen molar-refractivity contribution in [3.05, 3.63) is 119 Å². The number of benzene rings is 4. The summed E-state index contributed by atoms with van der Waals surface area (Å²) in [5.41, 5.74) is -0.371. The molecule has 3 saturated heterocycles. The minimum Gasteiger partial charge on any atom is -0.380 e. The van der Waals surface area contributed by atoms with Gasteiger partial charge in [-0.15, -0.1) is 11.8 Å². The number of sulfone groups is 1. The molecule has 4 aliphatic heterocycles. The third-order valence-electron chi connectivity index (χ3n) is 20.3. The zero-order chi connectivity index (χ0) is 66.1. The molecule has 3 saturated carbocycles. The number of unbranched alkanes of at least 4 members (excludes halogenated alkanes) is 3. The largest absolute Gasteiger partial charge is 0.501 e.